The van der Waals surface area contributed by atoms with Gasteiger partial charge in [0, 0.05) is 17.8 Å². The van der Waals surface area contributed by atoms with Gasteiger partial charge in [-0.05, 0) is 84.4 Å². The minimum Gasteiger partial charge on any atom is -0.326 e. The topological polar surface area (TPSA) is 116 Å². The van der Waals surface area contributed by atoms with E-state index in [0.29, 0.717) is 16.8 Å². The van der Waals surface area contributed by atoms with Crippen LogP contribution in [0.5, 0.6) is 0 Å². The Bertz CT molecular complexity index is 1400. The van der Waals surface area contributed by atoms with E-state index in [2.05, 4.69) is 63.9 Å². The zero-order chi connectivity index (χ0) is 32.3. The van der Waals surface area contributed by atoms with Crippen molar-refractivity contribution >= 4 is 38.9 Å². The molecule has 0 saturated heterocycles. The minimum absolute atomic E-state index is 0.0278. The lowest BCUT2D eigenvalue weighted by Crippen LogP contribution is -2.40. The molecule has 0 radical (unpaired) electrons. The van der Waals surface area contributed by atoms with Gasteiger partial charge in [0.05, 0.1) is 10.6 Å². The van der Waals surface area contributed by atoms with Crippen LogP contribution in [0.1, 0.15) is 78.9 Å². The maximum absolute atomic E-state index is 13.3. The third-order valence-corrected chi connectivity index (χ3v) is 7.93. The fourth-order valence-electron chi connectivity index (χ4n) is 5.77. The summed E-state index contributed by atoms with van der Waals surface area (Å²) >= 11 is 0. The molecule has 0 aliphatic carbocycles. The molecule has 0 spiro atoms. The number of benzene rings is 2. The Kier molecular flexibility index (Phi) is 10.4. The second kappa shape index (κ2) is 12.5. The highest BCUT2D eigenvalue weighted by molar-refractivity contribution is 7.92. The van der Waals surface area contributed by atoms with Crippen LogP contribution in [-0.4, -0.2) is 26.4 Å². The molecule has 0 saturated carbocycles. The molecule has 2 aromatic carbocycles. The van der Waals surface area contributed by atoms with Crippen LogP contribution in [-0.2, 0) is 19.6 Å². The smallest absolute Gasteiger partial charge is 0.326 e. The molecule has 42 heavy (non-hydrogen) atoms. The summed E-state index contributed by atoms with van der Waals surface area (Å²) in [6.07, 6.45) is -2.95. The highest BCUT2D eigenvalue weighted by Crippen LogP contribution is 2.43. The number of alkyl halides is 3. The molecule has 0 atom stereocenters. The number of hydrogen-bond donors (Lipinski definition) is 4. The molecule has 0 heterocycles. The summed E-state index contributed by atoms with van der Waals surface area (Å²) in [4.78, 5) is 24.0. The molecule has 4 N–H and O–H groups in total. The van der Waals surface area contributed by atoms with Crippen LogP contribution in [0.3, 0.4) is 0 Å². The van der Waals surface area contributed by atoms with Crippen molar-refractivity contribution in [2.45, 2.75) is 92.6 Å². The summed E-state index contributed by atoms with van der Waals surface area (Å²) in [5.74, 6) is -2.38. The Morgan fingerprint density at radius 1 is 0.786 bits per heavy atom. The number of halogens is 3. The van der Waals surface area contributed by atoms with Crippen LogP contribution < -0.4 is 20.9 Å². The van der Waals surface area contributed by atoms with E-state index in [1.54, 1.807) is 19.9 Å². The summed E-state index contributed by atoms with van der Waals surface area (Å²) in [7, 11) is -4.09. The van der Waals surface area contributed by atoms with Gasteiger partial charge in [0.1, 0.15) is 0 Å². The molecule has 0 aliphatic rings. The van der Waals surface area contributed by atoms with Crippen LogP contribution in [0.2, 0.25) is 0 Å². The Morgan fingerprint density at radius 2 is 1.33 bits per heavy atom. The predicted octanol–water partition coefficient (Wildman–Crippen LogP) is 7.32. The van der Waals surface area contributed by atoms with Gasteiger partial charge in [-0.1, -0.05) is 54.5 Å². The Labute approximate surface area is 247 Å². The first-order valence-corrected chi connectivity index (χ1v) is 15.0. The van der Waals surface area contributed by atoms with Gasteiger partial charge in [-0.25, -0.2) is 8.42 Å². The number of carbonyl (C=O) groups is 2. The largest absolute Gasteiger partial charge is 0.472 e. The third kappa shape index (κ3) is 10.8. The van der Waals surface area contributed by atoms with Crippen LogP contribution in [0.4, 0.5) is 30.2 Å². The van der Waals surface area contributed by atoms with Crippen molar-refractivity contribution in [2.24, 2.45) is 16.2 Å². The van der Waals surface area contributed by atoms with Crippen molar-refractivity contribution < 1.29 is 31.2 Å². The number of carbonyl (C=O) groups excluding carboxylic acids is 2. The standard InChI is InChI=1S/C30H43F3N4O4S/c1-19-14-20(2)24(15-23(19)34-25(38)16-28(6,7)18-29(8,9)17-27(3,4)5)42(40,41)37-22-12-10-21(11-13-22)35-36-26(39)30(31,32)33/h10-15,35,37H,16-18H2,1-9H3,(H,34,38)(H,36,39). The van der Waals surface area contributed by atoms with E-state index in [4.69, 9.17) is 0 Å². The molecule has 0 aliphatic heterocycles. The van der Waals surface area contributed by atoms with Gasteiger partial charge in [0.25, 0.3) is 10.0 Å². The van der Waals surface area contributed by atoms with Crippen molar-refractivity contribution in [1.29, 1.82) is 0 Å². The molecule has 2 aromatic rings. The number of sulfonamides is 1. The molecule has 0 bridgehead atoms. The van der Waals surface area contributed by atoms with Gasteiger partial charge < -0.3 is 5.32 Å². The number of hydrogen-bond acceptors (Lipinski definition) is 5. The molecule has 0 unspecified atom stereocenters. The van der Waals surface area contributed by atoms with Crippen molar-refractivity contribution in [3.8, 4) is 0 Å². The average molecular weight is 613 g/mol. The molecule has 0 aromatic heterocycles. The number of aryl methyl sites for hydroxylation is 2. The second-order valence-electron chi connectivity index (χ2n) is 13.7. The highest BCUT2D eigenvalue weighted by Gasteiger charge is 2.38. The number of amides is 2. The average Bonchev–Trinajstić information content (AvgIpc) is 2.76. The maximum atomic E-state index is 13.3. The van der Waals surface area contributed by atoms with Crippen LogP contribution in [0.15, 0.2) is 41.3 Å². The van der Waals surface area contributed by atoms with Gasteiger partial charge in [0.15, 0.2) is 0 Å². The van der Waals surface area contributed by atoms with E-state index in [-0.39, 0.29) is 44.8 Å². The summed E-state index contributed by atoms with van der Waals surface area (Å²) in [6.45, 7) is 18.6. The summed E-state index contributed by atoms with van der Waals surface area (Å²) in [6, 6.07) is 8.35. The molecular weight excluding hydrogens is 569 g/mol. The lowest BCUT2D eigenvalue weighted by molar-refractivity contribution is -0.173. The zero-order valence-electron chi connectivity index (χ0n) is 25.8. The Hall–Kier alpha value is -3.28. The summed E-state index contributed by atoms with van der Waals surface area (Å²) in [5, 5.41) is 2.89. The van der Waals surface area contributed by atoms with E-state index >= 15 is 0 Å². The first-order chi connectivity index (χ1) is 18.9. The van der Waals surface area contributed by atoms with Crippen molar-refractivity contribution in [1.82, 2.24) is 5.43 Å². The lowest BCUT2D eigenvalue weighted by atomic mass is 9.67. The number of rotatable bonds is 11. The van der Waals surface area contributed by atoms with Gasteiger partial charge in [-0.15, -0.1) is 0 Å². The quantitative estimate of drug-likeness (QED) is 0.199. The van der Waals surface area contributed by atoms with E-state index in [0.717, 1.165) is 12.8 Å². The Balaban J connectivity index is 2.15. The van der Waals surface area contributed by atoms with E-state index in [9.17, 15) is 31.2 Å². The SMILES string of the molecule is Cc1cc(C)c(S(=O)(=O)Nc2ccc(NNC(=O)C(F)(F)F)cc2)cc1NC(=O)CC(C)(C)CC(C)(C)CC(C)(C)C. The van der Waals surface area contributed by atoms with E-state index < -0.39 is 22.1 Å². The van der Waals surface area contributed by atoms with Crippen molar-refractivity contribution in [3.63, 3.8) is 0 Å². The first-order valence-electron chi connectivity index (χ1n) is 13.6. The van der Waals surface area contributed by atoms with Crippen LogP contribution in [0, 0.1) is 30.1 Å². The van der Waals surface area contributed by atoms with Gasteiger partial charge in [0.2, 0.25) is 5.91 Å². The minimum atomic E-state index is -5.05. The molecule has 2 amide bonds. The summed E-state index contributed by atoms with van der Waals surface area (Å²) < 4.78 is 66.0. The highest BCUT2D eigenvalue weighted by atomic mass is 32.2. The third-order valence-electron chi connectivity index (χ3n) is 6.41. The lowest BCUT2D eigenvalue weighted by Gasteiger charge is -2.38. The maximum Gasteiger partial charge on any atom is 0.472 e. The normalized spacial score (nSPS) is 13.0. The second-order valence-corrected chi connectivity index (χ2v) is 15.3. The molecule has 0 fully saturated rings. The van der Waals surface area contributed by atoms with Crippen molar-refractivity contribution in [3.05, 3.63) is 47.5 Å². The van der Waals surface area contributed by atoms with Gasteiger partial charge in [-0.2, -0.15) is 13.2 Å². The number of hydrazine groups is 1. The van der Waals surface area contributed by atoms with Crippen LogP contribution in [0.25, 0.3) is 0 Å². The monoisotopic (exact) mass is 612 g/mol. The number of anilines is 3. The summed E-state index contributed by atoms with van der Waals surface area (Å²) in [5.41, 5.74) is 5.34. The van der Waals surface area contributed by atoms with E-state index in [1.165, 1.54) is 35.8 Å². The van der Waals surface area contributed by atoms with Gasteiger partial charge in [-0.3, -0.25) is 25.2 Å². The van der Waals surface area contributed by atoms with Crippen molar-refractivity contribution in [2.75, 3.05) is 15.5 Å². The first kappa shape index (κ1) is 34.9. The fraction of sp³-hybridized carbons (Fsp3) is 0.533. The molecule has 234 valence electrons. The zero-order valence-corrected chi connectivity index (χ0v) is 26.6. The molecule has 12 heteroatoms. The molecular formula is C30H43F3N4O4S. The molecule has 2 rings (SSSR count). The fourth-order valence-corrected chi connectivity index (χ4v) is 7.09. The number of nitrogens with one attached hydrogen (secondary N) is 4. The predicted molar refractivity (Wildman–Crippen MR) is 160 cm³/mol. The van der Waals surface area contributed by atoms with Gasteiger partial charge >= 0.3 is 12.1 Å². The molecule has 8 nitrogen and oxygen atoms in total. The van der Waals surface area contributed by atoms with E-state index in [1.807, 2.05) is 0 Å². The Morgan fingerprint density at radius 3 is 1.86 bits per heavy atom. The van der Waals surface area contributed by atoms with Crippen LogP contribution >= 0.6 is 0 Å².